The minimum Gasteiger partial charge on any atom is -0.382 e. The molecule has 0 amide bonds. The zero-order chi connectivity index (χ0) is 30.6. The third kappa shape index (κ3) is 8.54. The molecule has 0 aromatic carbocycles. The van der Waals surface area contributed by atoms with Crippen molar-refractivity contribution >= 4 is 0 Å². The molecule has 2 aliphatic rings. The highest BCUT2D eigenvalue weighted by Gasteiger charge is 2.53. The van der Waals surface area contributed by atoms with Crippen LogP contribution in [0.1, 0.15) is 6.92 Å². The summed E-state index contributed by atoms with van der Waals surface area (Å²) in [6.07, 6.45) is -6.83. The number of hydrogen-bond donors (Lipinski definition) is 0. The number of hydrogen-bond acceptors (Lipinski definition) is 14. The summed E-state index contributed by atoms with van der Waals surface area (Å²) in [5, 5.41) is 0. The van der Waals surface area contributed by atoms with Crippen molar-refractivity contribution in [3.63, 3.8) is 0 Å². The molecule has 14 nitrogen and oxygen atoms in total. The van der Waals surface area contributed by atoms with Gasteiger partial charge in [0.25, 0.3) is 0 Å². The minimum atomic E-state index is -1.02. The molecule has 12 atom stereocenters. The maximum absolute atomic E-state index is 6.61. The van der Waals surface area contributed by atoms with Gasteiger partial charge in [-0.1, -0.05) is 0 Å². The van der Waals surface area contributed by atoms with E-state index >= 15 is 0 Å². The van der Waals surface area contributed by atoms with Gasteiger partial charge in [0.05, 0.1) is 32.5 Å². The van der Waals surface area contributed by atoms with Crippen molar-refractivity contribution in [1.29, 1.82) is 0 Å². The third-order valence-corrected chi connectivity index (χ3v) is 7.78. The molecule has 2 saturated heterocycles. The lowest BCUT2D eigenvalue weighted by Gasteiger charge is -2.49. The Morgan fingerprint density at radius 1 is 0.610 bits per heavy atom. The Labute approximate surface area is 244 Å². The molecule has 2 rings (SSSR count). The van der Waals surface area contributed by atoms with E-state index in [2.05, 4.69) is 0 Å². The van der Waals surface area contributed by atoms with Gasteiger partial charge >= 0.3 is 0 Å². The lowest BCUT2D eigenvalue weighted by atomic mass is 9.96. The lowest BCUT2D eigenvalue weighted by Crippen LogP contribution is -2.66. The normalized spacial score (nSPS) is 36.7. The summed E-state index contributed by atoms with van der Waals surface area (Å²) < 4.78 is 82.5. The summed E-state index contributed by atoms with van der Waals surface area (Å²) >= 11 is 0. The van der Waals surface area contributed by atoms with Crippen molar-refractivity contribution in [1.82, 2.24) is 0 Å². The molecule has 0 unspecified atom stereocenters. The Balaban J connectivity index is 2.43. The summed E-state index contributed by atoms with van der Waals surface area (Å²) in [5.74, 6) is 0. The van der Waals surface area contributed by atoms with Crippen molar-refractivity contribution in [2.75, 3.05) is 97.5 Å². The molecule has 0 aliphatic carbocycles. The van der Waals surface area contributed by atoms with Gasteiger partial charge in [-0.3, -0.25) is 0 Å². The molecule has 244 valence electrons. The van der Waals surface area contributed by atoms with Gasteiger partial charge in [-0.25, -0.2) is 0 Å². The van der Waals surface area contributed by atoms with Crippen LogP contribution in [0.5, 0.6) is 0 Å². The van der Waals surface area contributed by atoms with Crippen LogP contribution in [-0.2, 0) is 66.3 Å². The zero-order valence-electron chi connectivity index (χ0n) is 26.4. The molecule has 0 saturated carbocycles. The van der Waals surface area contributed by atoms with E-state index < -0.39 is 73.1 Å². The fraction of sp³-hybridized carbons (Fsp3) is 1.00. The number of methoxy groups -OCH3 is 10. The SMILES string of the molecule is COC[C@H](OC)[C@@](COC)(CO[C@H]1O[C@@H](C)[C@H](OC)[C@@H](OC)[C@H]1O[C@H]1O[C@H](COC)[C@H](OC)[C@H](OC)[C@H]1OC)OC. The Kier molecular flexibility index (Phi) is 16.3. The van der Waals surface area contributed by atoms with Gasteiger partial charge in [0, 0.05) is 71.1 Å². The molecule has 0 bridgehead atoms. The van der Waals surface area contributed by atoms with Gasteiger partial charge in [-0.05, 0) is 6.92 Å². The van der Waals surface area contributed by atoms with Crippen LogP contribution in [0.25, 0.3) is 0 Å². The van der Waals surface area contributed by atoms with Crippen LogP contribution in [0.4, 0.5) is 0 Å². The van der Waals surface area contributed by atoms with Crippen molar-refractivity contribution < 1.29 is 66.3 Å². The van der Waals surface area contributed by atoms with E-state index in [4.69, 9.17) is 66.3 Å². The van der Waals surface area contributed by atoms with Crippen LogP contribution in [-0.4, -0.2) is 171 Å². The molecule has 0 N–H and O–H groups in total. The first kappa shape index (κ1) is 36.6. The molecular formula is C27H52O14. The van der Waals surface area contributed by atoms with E-state index in [9.17, 15) is 0 Å². The molecule has 2 aliphatic heterocycles. The second kappa shape index (κ2) is 18.3. The maximum Gasteiger partial charge on any atom is 0.187 e. The van der Waals surface area contributed by atoms with Crippen LogP contribution >= 0.6 is 0 Å². The van der Waals surface area contributed by atoms with Crippen molar-refractivity contribution in [3.8, 4) is 0 Å². The quantitative estimate of drug-likeness (QED) is 0.201. The predicted octanol–water partition coefficient (Wildman–Crippen LogP) is 0.272. The monoisotopic (exact) mass is 600 g/mol. The summed E-state index contributed by atoms with van der Waals surface area (Å²) in [6.45, 7) is 2.55. The van der Waals surface area contributed by atoms with Gasteiger partial charge < -0.3 is 66.3 Å². The molecule has 0 spiro atoms. The molecule has 0 aromatic heterocycles. The van der Waals surface area contributed by atoms with Crippen LogP contribution in [0.2, 0.25) is 0 Å². The van der Waals surface area contributed by atoms with Crippen molar-refractivity contribution in [3.05, 3.63) is 0 Å². The van der Waals surface area contributed by atoms with Crippen LogP contribution in [0, 0.1) is 0 Å². The van der Waals surface area contributed by atoms with Crippen molar-refractivity contribution in [2.24, 2.45) is 0 Å². The largest absolute Gasteiger partial charge is 0.382 e. The molecule has 41 heavy (non-hydrogen) atoms. The zero-order valence-corrected chi connectivity index (χ0v) is 26.4. The van der Waals surface area contributed by atoms with E-state index in [1.165, 1.54) is 0 Å². The highest BCUT2D eigenvalue weighted by atomic mass is 16.8. The average Bonchev–Trinajstić information content (AvgIpc) is 2.98. The van der Waals surface area contributed by atoms with Gasteiger partial charge in [-0.2, -0.15) is 0 Å². The van der Waals surface area contributed by atoms with E-state index in [0.29, 0.717) is 0 Å². The summed E-state index contributed by atoms with van der Waals surface area (Å²) in [6, 6.07) is 0. The Morgan fingerprint density at radius 2 is 1.22 bits per heavy atom. The standard InChI is InChI=1S/C27H52O14/c1-16-19(32-6)21(34-8)24(25(39-16)38-15-27(37-11,14-30-4)18(31-5)13-29-3)41-26-23(36-10)22(35-9)20(33-7)17(40-26)12-28-2/h16-26H,12-15H2,1-11H3/t16-,17+,18-,19-,20-,21+,22-,23+,24+,25-,26+,27+/m0/s1. The van der Waals surface area contributed by atoms with Gasteiger partial charge in [0.15, 0.2) is 12.6 Å². The number of ether oxygens (including phenoxy) is 14. The Morgan fingerprint density at radius 3 is 1.71 bits per heavy atom. The molecule has 0 aromatic rings. The van der Waals surface area contributed by atoms with Crippen LogP contribution in [0.3, 0.4) is 0 Å². The number of rotatable bonds is 19. The van der Waals surface area contributed by atoms with E-state index in [1.54, 1.807) is 71.1 Å². The second-order valence-electron chi connectivity index (χ2n) is 10.0. The molecular weight excluding hydrogens is 548 g/mol. The lowest BCUT2D eigenvalue weighted by molar-refractivity contribution is -0.375. The second-order valence-corrected chi connectivity index (χ2v) is 10.0. The van der Waals surface area contributed by atoms with Crippen LogP contribution in [0.15, 0.2) is 0 Å². The first-order valence-corrected chi connectivity index (χ1v) is 13.6. The summed E-state index contributed by atoms with van der Waals surface area (Å²) in [4.78, 5) is 0. The summed E-state index contributed by atoms with van der Waals surface area (Å²) in [5.41, 5.74) is -1.02. The van der Waals surface area contributed by atoms with Crippen molar-refractivity contribution in [2.45, 2.75) is 80.0 Å². The topological polar surface area (TPSA) is 129 Å². The molecule has 2 heterocycles. The van der Waals surface area contributed by atoms with Gasteiger partial charge in [0.1, 0.15) is 54.4 Å². The first-order chi connectivity index (χ1) is 19.8. The first-order valence-electron chi connectivity index (χ1n) is 13.6. The summed E-state index contributed by atoms with van der Waals surface area (Å²) in [7, 11) is 15.8. The smallest absolute Gasteiger partial charge is 0.187 e. The van der Waals surface area contributed by atoms with Crippen LogP contribution < -0.4 is 0 Å². The highest BCUT2D eigenvalue weighted by Crippen LogP contribution is 2.34. The Bertz CT molecular complexity index is 703. The third-order valence-electron chi connectivity index (χ3n) is 7.78. The molecule has 0 radical (unpaired) electrons. The van der Waals surface area contributed by atoms with Gasteiger partial charge in [-0.15, -0.1) is 0 Å². The molecule has 14 heteroatoms. The minimum absolute atomic E-state index is 0.0164. The maximum atomic E-state index is 6.61. The fourth-order valence-corrected chi connectivity index (χ4v) is 5.62. The fourth-order valence-electron chi connectivity index (χ4n) is 5.62. The van der Waals surface area contributed by atoms with E-state index in [1.807, 2.05) is 6.92 Å². The van der Waals surface area contributed by atoms with E-state index in [-0.39, 0.29) is 26.4 Å². The molecule has 2 fully saturated rings. The Hall–Kier alpha value is -0.560. The van der Waals surface area contributed by atoms with E-state index in [0.717, 1.165) is 0 Å². The predicted molar refractivity (Wildman–Crippen MR) is 144 cm³/mol. The average molecular weight is 601 g/mol. The van der Waals surface area contributed by atoms with Gasteiger partial charge in [0.2, 0.25) is 0 Å². The highest BCUT2D eigenvalue weighted by molar-refractivity contribution is 4.97.